The lowest BCUT2D eigenvalue weighted by atomic mass is 9.93. The normalized spacial score (nSPS) is 40.0. The highest BCUT2D eigenvalue weighted by Gasteiger charge is 2.49. The van der Waals surface area contributed by atoms with Crippen LogP contribution in [0.3, 0.4) is 0 Å². The second-order valence-corrected chi connectivity index (χ2v) is 5.51. The third kappa shape index (κ3) is 2.45. The molecule has 4 nitrogen and oxygen atoms in total. The molecule has 2 N–H and O–H groups in total. The fourth-order valence-corrected chi connectivity index (χ4v) is 3.07. The maximum atomic E-state index is 11.8. The zero-order valence-electron chi connectivity index (χ0n) is 10.5. The molecule has 0 heterocycles. The van der Waals surface area contributed by atoms with Crippen molar-refractivity contribution in [3.63, 3.8) is 0 Å². The van der Waals surface area contributed by atoms with Crippen molar-refractivity contribution in [3.8, 4) is 0 Å². The number of carboxylic acid groups (broad SMARTS) is 1. The number of rotatable bonds is 4. The predicted octanol–water partition coefficient (Wildman–Crippen LogP) is 1.65. The molecule has 0 saturated heterocycles. The van der Waals surface area contributed by atoms with Crippen LogP contribution in [-0.4, -0.2) is 23.0 Å². The van der Waals surface area contributed by atoms with Gasteiger partial charge in [-0.25, -0.2) is 0 Å². The maximum absolute atomic E-state index is 11.8. The molecule has 0 aliphatic heterocycles. The van der Waals surface area contributed by atoms with Gasteiger partial charge in [0.2, 0.25) is 5.91 Å². The molecule has 1 amide bonds. The quantitative estimate of drug-likeness (QED) is 0.784. The van der Waals surface area contributed by atoms with Crippen LogP contribution in [0.1, 0.15) is 39.5 Å². The van der Waals surface area contributed by atoms with Crippen molar-refractivity contribution in [3.05, 3.63) is 0 Å². The summed E-state index contributed by atoms with van der Waals surface area (Å²) >= 11 is 0. The first-order chi connectivity index (χ1) is 8.04. The Morgan fingerprint density at radius 1 is 1.29 bits per heavy atom. The van der Waals surface area contributed by atoms with Gasteiger partial charge in [0, 0.05) is 6.04 Å². The van der Waals surface area contributed by atoms with Crippen LogP contribution in [0.25, 0.3) is 0 Å². The van der Waals surface area contributed by atoms with E-state index >= 15 is 0 Å². The van der Waals surface area contributed by atoms with Crippen LogP contribution >= 0.6 is 0 Å². The fraction of sp³-hybridized carbons (Fsp3) is 0.846. The molecule has 5 unspecified atom stereocenters. The Bertz CT molecular complexity index is 329. The molecule has 2 aliphatic rings. The van der Waals surface area contributed by atoms with Gasteiger partial charge in [-0.3, -0.25) is 9.59 Å². The summed E-state index contributed by atoms with van der Waals surface area (Å²) < 4.78 is 0. The Balaban J connectivity index is 1.82. The largest absolute Gasteiger partial charge is 0.481 e. The Morgan fingerprint density at radius 3 is 2.47 bits per heavy atom. The first-order valence-electron chi connectivity index (χ1n) is 6.57. The molecule has 0 aromatic heterocycles. The molecule has 2 fully saturated rings. The number of carboxylic acids is 1. The molecule has 0 radical (unpaired) electrons. The highest BCUT2D eigenvalue weighted by Crippen LogP contribution is 2.40. The second-order valence-electron chi connectivity index (χ2n) is 5.51. The summed E-state index contributed by atoms with van der Waals surface area (Å²) in [5.41, 5.74) is 0. The van der Waals surface area contributed by atoms with Gasteiger partial charge in [-0.2, -0.15) is 0 Å². The molecular formula is C13H21NO3. The summed E-state index contributed by atoms with van der Waals surface area (Å²) in [7, 11) is 0. The molecule has 2 saturated carbocycles. The van der Waals surface area contributed by atoms with E-state index in [1.807, 2.05) is 0 Å². The molecular weight excluding hydrogens is 218 g/mol. The number of carbonyl (C=O) groups excluding carboxylic acids is 1. The van der Waals surface area contributed by atoms with E-state index in [9.17, 15) is 9.59 Å². The van der Waals surface area contributed by atoms with Crippen LogP contribution in [0.2, 0.25) is 0 Å². The summed E-state index contributed by atoms with van der Waals surface area (Å²) in [4.78, 5) is 22.5. The van der Waals surface area contributed by atoms with Gasteiger partial charge in [-0.05, 0) is 31.1 Å². The molecule has 17 heavy (non-hydrogen) atoms. The molecule has 0 bridgehead atoms. The van der Waals surface area contributed by atoms with Crippen molar-refractivity contribution < 1.29 is 14.7 Å². The van der Waals surface area contributed by atoms with Gasteiger partial charge >= 0.3 is 5.97 Å². The lowest BCUT2D eigenvalue weighted by molar-refractivity contribution is -0.140. The minimum absolute atomic E-state index is 0.0500. The lowest BCUT2D eigenvalue weighted by Crippen LogP contribution is -2.38. The summed E-state index contributed by atoms with van der Waals surface area (Å²) in [5.74, 6) is -0.378. The molecule has 0 spiro atoms. The zero-order valence-corrected chi connectivity index (χ0v) is 10.5. The smallest absolute Gasteiger partial charge is 0.307 e. The van der Waals surface area contributed by atoms with E-state index in [0.29, 0.717) is 18.3 Å². The van der Waals surface area contributed by atoms with E-state index in [1.54, 1.807) is 0 Å². The van der Waals surface area contributed by atoms with E-state index < -0.39 is 11.9 Å². The first kappa shape index (κ1) is 12.4. The summed E-state index contributed by atoms with van der Waals surface area (Å²) in [5, 5.41) is 11.8. The standard InChI is InChI=1S/C13H21NO3/c1-3-8-4-5-11(7(8)2)14-12(15)9-6-10(9)13(16)17/h7-11H,3-6H2,1-2H3,(H,14,15)(H,16,17). The predicted molar refractivity (Wildman–Crippen MR) is 63.3 cm³/mol. The molecule has 4 heteroatoms. The van der Waals surface area contributed by atoms with Gasteiger partial charge in [-0.1, -0.05) is 20.3 Å². The van der Waals surface area contributed by atoms with Gasteiger partial charge in [0.1, 0.15) is 0 Å². The third-order valence-corrected chi connectivity index (χ3v) is 4.52. The highest BCUT2D eigenvalue weighted by atomic mass is 16.4. The molecule has 5 atom stereocenters. The number of aliphatic carboxylic acids is 1. The van der Waals surface area contributed by atoms with E-state index in [-0.39, 0.29) is 17.9 Å². The second kappa shape index (κ2) is 4.67. The average molecular weight is 239 g/mol. The van der Waals surface area contributed by atoms with Gasteiger partial charge < -0.3 is 10.4 Å². The van der Waals surface area contributed by atoms with Gasteiger partial charge in [0.15, 0.2) is 0 Å². The van der Waals surface area contributed by atoms with Crippen molar-refractivity contribution in [2.24, 2.45) is 23.7 Å². The van der Waals surface area contributed by atoms with E-state index in [2.05, 4.69) is 19.2 Å². The van der Waals surface area contributed by atoms with Gasteiger partial charge in [-0.15, -0.1) is 0 Å². The summed E-state index contributed by atoms with van der Waals surface area (Å²) in [6.45, 7) is 4.38. The van der Waals surface area contributed by atoms with Gasteiger partial charge in [0.05, 0.1) is 11.8 Å². The molecule has 2 aliphatic carbocycles. The SMILES string of the molecule is CCC1CCC(NC(=O)C2CC2C(=O)O)C1C. The van der Waals surface area contributed by atoms with Crippen LogP contribution < -0.4 is 5.32 Å². The van der Waals surface area contributed by atoms with Crippen molar-refractivity contribution in [1.82, 2.24) is 5.32 Å². The zero-order chi connectivity index (χ0) is 12.6. The van der Waals surface area contributed by atoms with Crippen LogP contribution in [0, 0.1) is 23.7 Å². The third-order valence-electron chi connectivity index (χ3n) is 4.52. The van der Waals surface area contributed by atoms with Crippen molar-refractivity contribution in [2.75, 3.05) is 0 Å². The Kier molecular flexibility index (Phi) is 3.40. The molecule has 96 valence electrons. The van der Waals surface area contributed by atoms with Crippen LogP contribution in [0.15, 0.2) is 0 Å². The maximum Gasteiger partial charge on any atom is 0.307 e. The first-order valence-corrected chi connectivity index (χ1v) is 6.57. The number of amides is 1. The number of hydrogen-bond donors (Lipinski definition) is 2. The minimum Gasteiger partial charge on any atom is -0.481 e. The monoisotopic (exact) mass is 239 g/mol. The summed E-state index contributed by atoms with van der Waals surface area (Å²) in [6.07, 6.45) is 3.89. The van der Waals surface area contributed by atoms with Crippen LogP contribution in [0.5, 0.6) is 0 Å². The Hall–Kier alpha value is -1.06. The van der Waals surface area contributed by atoms with Crippen molar-refractivity contribution in [2.45, 2.75) is 45.6 Å². The van der Waals surface area contributed by atoms with E-state index in [4.69, 9.17) is 5.11 Å². The number of carbonyl (C=O) groups is 2. The average Bonchev–Trinajstić information content (AvgIpc) is 3.01. The number of hydrogen-bond acceptors (Lipinski definition) is 2. The fourth-order valence-electron chi connectivity index (χ4n) is 3.07. The van der Waals surface area contributed by atoms with E-state index in [0.717, 1.165) is 12.8 Å². The summed E-state index contributed by atoms with van der Waals surface area (Å²) in [6, 6.07) is 0.252. The minimum atomic E-state index is -0.837. The molecule has 2 rings (SSSR count). The highest BCUT2D eigenvalue weighted by molar-refractivity contribution is 5.89. The topological polar surface area (TPSA) is 66.4 Å². The Labute approximate surface area is 102 Å². The van der Waals surface area contributed by atoms with Crippen molar-refractivity contribution in [1.29, 1.82) is 0 Å². The molecule has 0 aromatic carbocycles. The van der Waals surface area contributed by atoms with E-state index in [1.165, 1.54) is 6.42 Å². The van der Waals surface area contributed by atoms with Crippen LogP contribution in [0.4, 0.5) is 0 Å². The molecule has 0 aromatic rings. The number of nitrogens with one attached hydrogen (secondary N) is 1. The Morgan fingerprint density at radius 2 is 2.00 bits per heavy atom. The van der Waals surface area contributed by atoms with Crippen LogP contribution in [-0.2, 0) is 9.59 Å². The van der Waals surface area contributed by atoms with Gasteiger partial charge in [0.25, 0.3) is 0 Å². The lowest BCUT2D eigenvalue weighted by Gasteiger charge is -2.21. The van der Waals surface area contributed by atoms with Crippen molar-refractivity contribution >= 4 is 11.9 Å².